The van der Waals surface area contributed by atoms with Gasteiger partial charge in [-0.1, -0.05) is 23.2 Å². The van der Waals surface area contributed by atoms with E-state index in [1.54, 1.807) is 0 Å². The van der Waals surface area contributed by atoms with Gasteiger partial charge in [-0.3, -0.25) is 9.10 Å². The summed E-state index contributed by atoms with van der Waals surface area (Å²) in [6.45, 7) is -0.565. The average molecular weight is 483 g/mol. The highest BCUT2D eigenvalue weighted by Crippen LogP contribution is 2.26. The first kappa shape index (κ1) is 22.9. The van der Waals surface area contributed by atoms with Gasteiger partial charge in [0.2, 0.25) is 5.91 Å². The third kappa shape index (κ3) is 5.66. The minimum Gasteiger partial charge on any atom is -0.497 e. The number of halogens is 3. The summed E-state index contributed by atoms with van der Waals surface area (Å²) in [7, 11) is -2.69. The Labute approximate surface area is 189 Å². The molecule has 162 valence electrons. The number of hydrogen-bond donors (Lipinski definition) is 1. The van der Waals surface area contributed by atoms with Gasteiger partial charge in [0.25, 0.3) is 10.0 Å². The van der Waals surface area contributed by atoms with Gasteiger partial charge in [-0.15, -0.1) is 0 Å². The molecule has 0 aliphatic rings. The Morgan fingerprint density at radius 2 is 1.58 bits per heavy atom. The smallest absolute Gasteiger partial charge is 0.264 e. The van der Waals surface area contributed by atoms with Gasteiger partial charge in [-0.05, 0) is 66.7 Å². The van der Waals surface area contributed by atoms with E-state index in [0.717, 1.165) is 16.4 Å². The van der Waals surface area contributed by atoms with Crippen LogP contribution in [0, 0.1) is 5.82 Å². The normalized spacial score (nSPS) is 11.1. The molecule has 0 radical (unpaired) electrons. The molecule has 0 heterocycles. The van der Waals surface area contributed by atoms with Crippen molar-refractivity contribution in [1.29, 1.82) is 0 Å². The van der Waals surface area contributed by atoms with Crippen molar-refractivity contribution in [2.45, 2.75) is 4.90 Å². The zero-order valence-corrected chi connectivity index (χ0v) is 18.5. The fourth-order valence-corrected chi connectivity index (χ4v) is 4.70. The lowest BCUT2D eigenvalue weighted by Gasteiger charge is -2.24. The molecule has 0 fully saturated rings. The number of anilines is 2. The number of nitrogens with one attached hydrogen (secondary N) is 1. The van der Waals surface area contributed by atoms with Crippen molar-refractivity contribution in [2.75, 3.05) is 23.3 Å². The molecule has 0 aliphatic heterocycles. The molecule has 3 rings (SSSR count). The Hall–Kier alpha value is -2.81. The van der Waals surface area contributed by atoms with Gasteiger partial charge in [0.15, 0.2) is 0 Å². The molecule has 0 spiro atoms. The maximum absolute atomic E-state index is 13.4. The molecule has 0 saturated heterocycles. The zero-order valence-electron chi connectivity index (χ0n) is 16.2. The number of carbonyl (C=O) groups excluding carboxylic acids is 1. The first-order chi connectivity index (χ1) is 14.7. The number of sulfonamides is 1. The van der Waals surface area contributed by atoms with E-state index in [0.29, 0.717) is 21.5 Å². The predicted octanol–water partition coefficient (Wildman–Crippen LogP) is 4.98. The number of ether oxygens (including phenoxy) is 1. The second-order valence-corrected chi connectivity index (χ2v) is 9.11. The topological polar surface area (TPSA) is 75.7 Å². The summed E-state index contributed by atoms with van der Waals surface area (Å²) in [5.74, 6) is -0.703. The third-order valence-electron chi connectivity index (χ3n) is 4.20. The highest BCUT2D eigenvalue weighted by atomic mass is 35.5. The first-order valence-corrected chi connectivity index (χ1v) is 11.1. The summed E-state index contributed by atoms with van der Waals surface area (Å²) in [5.41, 5.74) is 0.430. The maximum atomic E-state index is 13.4. The van der Waals surface area contributed by atoms with E-state index in [-0.39, 0.29) is 10.6 Å². The first-order valence-electron chi connectivity index (χ1n) is 8.87. The van der Waals surface area contributed by atoms with E-state index < -0.39 is 28.3 Å². The number of rotatable bonds is 7. The van der Waals surface area contributed by atoms with Crippen molar-refractivity contribution in [1.82, 2.24) is 0 Å². The molecule has 0 atom stereocenters. The van der Waals surface area contributed by atoms with Crippen molar-refractivity contribution in [3.05, 3.63) is 82.6 Å². The second-order valence-electron chi connectivity index (χ2n) is 6.37. The molecule has 1 amide bonds. The Bertz CT molecular complexity index is 1170. The summed E-state index contributed by atoms with van der Waals surface area (Å²) in [6.07, 6.45) is 0. The molecule has 1 N–H and O–H groups in total. The van der Waals surface area contributed by atoms with Crippen LogP contribution in [0.3, 0.4) is 0 Å². The number of benzene rings is 3. The second kappa shape index (κ2) is 9.55. The molecule has 0 unspecified atom stereocenters. The van der Waals surface area contributed by atoms with Gasteiger partial charge >= 0.3 is 0 Å². The van der Waals surface area contributed by atoms with Gasteiger partial charge in [0.05, 0.1) is 17.7 Å². The molecule has 0 aliphatic carbocycles. The fraction of sp³-hybridized carbons (Fsp3) is 0.0952. The van der Waals surface area contributed by atoms with Crippen LogP contribution in [0.5, 0.6) is 5.75 Å². The van der Waals surface area contributed by atoms with Crippen LogP contribution in [0.25, 0.3) is 0 Å². The van der Waals surface area contributed by atoms with Crippen LogP contribution in [0.2, 0.25) is 10.0 Å². The van der Waals surface area contributed by atoms with Crippen LogP contribution in [-0.4, -0.2) is 28.0 Å². The third-order valence-corrected chi connectivity index (χ3v) is 6.42. The monoisotopic (exact) mass is 482 g/mol. The molecule has 31 heavy (non-hydrogen) atoms. The number of nitrogens with zero attached hydrogens (tertiary/aromatic N) is 1. The van der Waals surface area contributed by atoms with Crippen LogP contribution in [-0.2, 0) is 14.8 Å². The molecule has 0 saturated carbocycles. The summed E-state index contributed by atoms with van der Waals surface area (Å²) in [4.78, 5) is 12.6. The largest absolute Gasteiger partial charge is 0.497 e. The Morgan fingerprint density at radius 1 is 1.00 bits per heavy atom. The van der Waals surface area contributed by atoms with E-state index in [1.807, 2.05) is 0 Å². The Kier molecular flexibility index (Phi) is 7.04. The van der Waals surface area contributed by atoms with Gasteiger partial charge < -0.3 is 10.1 Å². The standard InChI is InChI=1S/C21H17Cl2FN2O4S/c1-30-19-6-8-20(9-7-19)31(28,29)26(18-4-2-16(24)3-5-18)13-21(27)25-17-11-14(22)10-15(23)12-17/h2-12H,13H2,1H3,(H,25,27). The van der Waals surface area contributed by atoms with Crippen LogP contribution in [0.4, 0.5) is 15.8 Å². The minimum atomic E-state index is -4.15. The summed E-state index contributed by atoms with van der Waals surface area (Å²) >= 11 is 11.9. The maximum Gasteiger partial charge on any atom is 0.264 e. The summed E-state index contributed by atoms with van der Waals surface area (Å²) < 4.78 is 45.9. The van der Waals surface area contributed by atoms with Crippen LogP contribution < -0.4 is 14.4 Å². The van der Waals surface area contributed by atoms with E-state index >= 15 is 0 Å². The summed E-state index contributed by atoms with van der Waals surface area (Å²) in [6, 6.07) is 14.9. The molecule has 6 nitrogen and oxygen atoms in total. The van der Waals surface area contributed by atoms with E-state index in [9.17, 15) is 17.6 Å². The minimum absolute atomic E-state index is 0.0591. The van der Waals surface area contributed by atoms with Crippen LogP contribution in [0.1, 0.15) is 0 Å². The van der Waals surface area contributed by atoms with Crippen molar-refractivity contribution >= 4 is 50.5 Å². The lowest BCUT2D eigenvalue weighted by Crippen LogP contribution is -2.38. The van der Waals surface area contributed by atoms with Crippen LogP contribution in [0.15, 0.2) is 71.6 Å². The molecule has 10 heteroatoms. The van der Waals surface area contributed by atoms with Crippen molar-refractivity contribution < 1.29 is 22.3 Å². The number of carbonyl (C=O) groups is 1. The van der Waals surface area contributed by atoms with E-state index in [1.165, 1.54) is 61.7 Å². The van der Waals surface area contributed by atoms with Gasteiger partial charge in [-0.2, -0.15) is 0 Å². The van der Waals surface area contributed by atoms with Gasteiger partial charge in [0, 0.05) is 15.7 Å². The number of amides is 1. The van der Waals surface area contributed by atoms with E-state index in [2.05, 4.69) is 5.32 Å². The van der Waals surface area contributed by atoms with Gasteiger partial charge in [-0.25, -0.2) is 12.8 Å². The average Bonchev–Trinajstić information content (AvgIpc) is 2.72. The molecule has 0 aromatic heterocycles. The number of hydrogen-bond acceptors (Lipinski definition) is 4. The van der Waals surface area contributed by atoms with Gasteiger partial charge in [0.1, 0.15) is 18.1 Å². The lowest BCUT2D eigenvalue weighted by atomic mass is 10.3. The van der Waals surface area contributed by atoms with Crippen molar-refractivity contribution in [3.8, 4) is 5.75 Å². The van der Waals surface area contributed by atoms with Crippen LogP contribution >= 0.6 is 23.2 Å². The SMILES string of the molecule is COc1ccc(S(=O)(=O)N(CC(=O)Nc2cc(Cl)cc(Cl)c2)c2ccc(F)cc2)cc1. The molecule has 3 aromatic rings. The lowest BCUT2D eigenvalue weighted by molar-refractivity contribution is -0.114. The molecular weight excluding hydrogens is 466 g/mol. The quantitative estimate of drug-likeness (QED) is 0.515. The predicted molar refractivity (Wildman–Crippen MR) is 119 cm³/mol. The molecule has 0 bridgehead atoms. The Balaban J connectivity index is 1.94. The number of methoxy groups -OCH3 is 1. The summed E-state index contributed by atoms with van der Waals surface area (Å²) in [5, 5.41) is 3.19. The Morgan fingerprint density at radius 3 is 2.13 bits per heavy atom. The highest BCUT2D eigenvalue weighted by Gasteiger charge is 2.27. The van der Waals surface area contributed by atoms with E-state index in [4.69, 9.17) is 27.9 Å². The van der Waals surface area contributed by atoms with Crippen molar-refractivity contribution in [2.24, 2.45) is 0 Å². The highest BCUT2D eigenvalue weighted by molar-refractivity contribution is 7.92. The fourth-order valence-electron chi connectivity index (χ4n) is 2.75. The molecule has 3 aromatic carbocycles. The molecular formula is C21H17Cl2FN2O4S. The zero-order chi connectivity index (χ0) is 22.6. The van der Waals surface area contributed by atoms with Crippen molar-refractivity contribution in [3.63, 3.8) is 0 Å².